The number of anilines is 2. The van der Waals surface area contributed by atoms with Crippen LogP contribution in [0.1, 0.15) is 12.0 Å². The van der Waals surface area contributed by atoms with E-state index in [1.54, 1.807) is 19.1 Å². The van der Waals surface area contributed by atoms with Gasteiger partial charge >= 0.3 is 0 Å². The Labute approximate surface area is 147 Å². The highest BCUT2D eigenvalue weighted by Crippen LogP contribution is 2.38. The number of halogens is 2. The fourth-order valence-electron chi connectivity index (χ4n) is 2.39. The van der Waals surface area contributed by atoms with Gasteiger partial charge in [-0.15, -0.1) is 11.8 Å². The van der Waals surface area contributed by atoms with Crippen molar-refractivity contribution < 1.29 is 14.0 Å². The van der Waals surface area contributed by atoms with E-state index in [-0.39, 0.29) is 24.1 Å². The zero-order valence-electron chi connectivity index (χ0n) is 12.7. The number of hydrogen-bond acceptors (Lipinski definition) is 3. The molecule has 0 spiro atoms. The standard InChI is InChI=1S/C17H14ClFN2O2S/c1-9-6-11(19)3-4-12(9)20-16(22)8-15-17(23)21-13-7-10(18)2-5-14(13)24-15/h2-7,15H,8H2,1H3,(H,20,22)(H,21,23). The first-order valence-electron chi connectivity index (χ1n) is 7.25. The molecule has 1 heterocycles. The minimum absolute atomic E-state index is 0.0232. The van der Waals surface area contributed by atoms with Crippen molar-refractivity contribution in [3.8, 4) is 0 Å². The maximum Gasteiger partial charge on any atom is 0.238 e. The molecule has 2 amide bonds. The van der Waals surface area contributed by atoms with E-state index in [0.29, 0.717) is 22.0 Å². The number of amides is 2. The molecule has 0 saturated heterocycles. The normalized spacial score (nSPS) is 16.3. The topological polar surface area (TPSA) is 58.2 Å². The van der Waals surface area contributed by atoms with Crippen LogP contribution in [0.15, 0.2) is 41.3 Å². The van der Waals surface area contributed by atoms with Crippen molar-refractivity contribution in [1.29, 1.82) is 0 Å². The molecule has 0 bridgehead atoms. The van der Waals surface area contributed by atoms with Crippen LogP contribution in [0.3, 0.4) is 0 Å². The number of aryl methyl sites for hydroxylation is 1. The predicted molar refractivity (Wildman–Crippen MR) is 94.1 cm³/mol. The largest absolute Gasteiger partial charge is 0.326 e. The lowest BCUT2D eigenvalue weighted by molar-refractivity contribution is -0.120. The molecular formula is C17H14ClFN2O2S. The Bertz CT molecular complexity index is 828. The monoisotopic (exact) mass is 364 g/mol. The lowest BCUT2D eigenvalue weighted by atomic mass is 10.2. The molecule has 3 rings (SSSR count). The Morgan fingerprint density at radius 3 is 2.88 bits per heavy atom. The summed E-state index contributed by atoms with van der Waals surface area (Å²) in [6, 6.07) is 9.37. The van der Waals surface area contributed by atoms with Crippen molar-refractivity contribution >= 4 is 46.6 Å². The van der Waals surface area contributed by atoms with Gasteiger partial charge in [-0.1, -0.05) is 11.6 Å². The summed E-state index contributed by atoms with van der Waals surface area (Å²) >= 11 is 7.24. The van der Waals surface area contributed by atoms with Crippen molar-refractivity contribution in [3.63, 3.8) is 0 Å². The number of rotatable bonds is 3. The molecule has 1 atom stereocenters. The summed E-state index contributed by atoms with van der Waals surface area (Å²) in [6.45, 7) is 1.71. The SMILES string of the molecule is Cc1cc(F)ccc1NC(=O)CC1Sc2ccc(Cl)cc2NC1=O. The van der Waals surface area contributed by atoms with Gasteiger partial charge in [-0.3, -0.25) is 9.59 Å². The summed E-state index contributed by atoms with van der Waals surface area (Å²) in [4.78, 5) is 25.2. The third-order valence-corrected chi connectivity index (χ3v) is 5.10. The van der Waals surface area contributed by atoms with Gasteiger partial charge in [0.25, 0.3) is 0 Å². The Hall–Kier alpha value is -2.05. The van der Waals surface area contributed by atoms with E-state index < -0.39 is 5.25 Å². The van der Waals surface area contributed by atoms with Crippen LogP contribution < -0.4 is 10.6 Å². The first-order chi connectivity index (χ1) is 11.4. The molecule has 7 heteroatoms. The second-order valence-corrected chi connectivity index (χ2v) is 7.13. The van der Waals surface area contributed by atoms with Gasteiger partial charge in [0.1, 0.15) is 5.82 Å². The summed E-state index contributed by atoms with van der Waals surface area (Å²) in [6.07, 6.45) is 0.0232. The van der Waals surface area contributed by atoms with Crippen LogP contribution in [-0.2, 0) is 9.59 Å². The highest BCUT2D eigenvalue weighted by Gasteiger charge is 2.29. The summed E-state index contributed by atoms with van der Waals surface area (Å²) in [5, 5.41) is 5.49. The summed E-state index contributed by atoms with van der Waals surface area (Å²) < 4.78 is 13.1. The minimum Gasteiger partial charge on any atom is -0.326 e. The van der Waals surface area contributed by atoms with Gasteiger partial charge in [0.05, 0.1) is 10.9 Å². The molecular weight excluding hydrogens is 351 g/mol. The van der Waals surface area contributed by atoms with Crippen LogP contribution in [0.5, 0.6) is 0 Å². The van der Waals surface area contributed by atoms with Crippen LogP contribution in [0, 0.1) is 12.7 Å². The summed E-state index contributed by atoms with van der Waals surface area (Å²) in [5.74, 6) is -0.890. The second-order valence-electron chi connectivity index (χ2n) is 5.45. The molecule has 1 aliphatic rings. The Balaban J connectivity index is 1.68. The van der Waals surface area contributed by atoms with E-state index in [2.05, 4.69) is 10.6 Å². The molecule has 24 heavy (non-hydrogen) atoms. The number of carbonyl (C=O) groups excluding carboxylic acids is 2. The zero-order chi connectivity index (χ0) is 17.3. The fourth-order valence-corrected chi connectivity index (χ4v) is 3.66. The lowest BCUT2D eigenvalue weighted by Gasteiger charge is -2.24. The quantitative estimate of drug-likeness (QED) is 0.856. The maximum absolute atomic E-state index is 13.1. The number of fused-ring (bicyclic) bond motifs is 1. The van der Waals surface area contributed by atoms with Crippen LogP contribution in [0.25, 0.3) is 0 Å². The van der Waals surface area contributed by atoms with Gasteiger partial charge in [-0.25, -0.2) is 4.39 Å². The molecule has 1 unspecified atom stereocenters. The molecule has 0 saturated carbocycles. The minimum atomic E-state index is -0.528. The average Bonchev–Trinajstić information content (AvgIpc) is 2.51. The van der Waals surface area contributed by atoms with Crippen molar-refractivity contribution in [2.24, 2.45) is 0 Å². The average molecular weight is 365 g/mol. The van der Waals surface area contributed by atoms with Gasteiger partial charge in [-0.2, -0.15) is 0 Å². The number of nitrogens with one attached hydrogen (secondary N) is 2. The van der Waals surface area contributed by atoms with Crippen LogP contribution in [0.2, 0.25) is 5.02 Å². The molecule has 0 radical (unpaired) electrons. The van der Waals surface area contributed by atoms with Crippen molar-refractivity contribution in [3.05, 3.63) is 52.8 Å². The van der Waals surface area contributed by atoms with Crippen molar-refractivity contribution in [1.82, 2.24) is 0 Å². The van der Waals surface area contributed by atoms with E-state index in [4.69, 9.17) is 11.6 Å². The third-order valence-electron chi connectivity index (χ3n) is 3.59. The first-order valence-corrected chi connectivity index (χ1v) is 8.51. The molecule has 0 aliphatic carbocycles. The molecule has 1 aliphatic heterocycles. The van der Waals surface area contributed by atoms with Crippen molar-refractivity contribution in [2.45, 2.75) is 23.5 Å². The lowest BCUT2D eigenvalue weighted by Crippen LogP contribution is -2.32. The van der Waals surface area contributed by atoms with Crippen molar-refractivity contribution in [2.75, 3.05) is 10.6 Å². The van der Waals surface area contributed by atoms with E-state index >= 15 is 0 Å². The third kappa shape index (κ3) is 3.71. The van der Waals surface area contributed by atoms with Crippen LogP contribution in [-0.4, -0.2) is 17.1 Å². The Morgan fingerprint density at radius 1 is 1.33 bits per heavy atom. The van der Waals surface area contributed by atoms with Gasteiger partial charge in [0.2, 0.25) is 11.8 Å². The Morgan fingerprint density at radius 2 is 2.12 bits per heavy atom. The number of carbonyl (C=O) groups is 2. The van der Waals surface area contributed by atoms with Gasteiger partial charge in [0.15, 0.2) is 0 Å². The van der Waals surface area contributed by atoms with Crippen LogP contribution in [0.4, 0.5) is 15.8 Å². The van der Waals surface area contributed by atoms with Crippen LogP contribution >= 0.6 is 23.4 Å². The number of hydrogen-bond donors (Lipinski definition) is 2. The van der Waals surface area contributed by atoms with Gasteiger partial charge < -0.3 is 10.6 Å². The van der Waals surface area contributed by atoms with E-state index in [9.17, 15) is 14.0 Å². The smallest absolute Gasteiger partial charge is 0.238 e. The summed E-state index contributed by atoms with van der Waals surface area (Å²) in [5.41, 5.74) is 1.82. The van der Waals surface area contributed by atoms with Gasteiger partial charge in [0, 0.05) is 22.0 Å². The fraction of sp³-hybridized carbons (Fsp3) is 0.176. The first kappa shape index (κ1) is 16.8. The molecule has 0 aromatic heterocycles. The number of thioether (sulfide) groups is 1. The maximum atomic E-state index is 13.1. The molecule has 2 aromatic rings. The van der Waals surface area contributed by atoms with E-state index in [1.807, 2.05) is 6.07 Å². The molecule has 4 nitrogen and oxygen atoms in total. The van der Waals surface area contributed by atoms with Gasteiger partial charge in [-0.05, 0) is 48.9 Å². The number of benzene rings is 2. The summed E-state index contributed by atoms with van der Waals surface area (Å²) in [7, 11) is 0. The van der Waals surface area contributed by atoms with E-state index in [0.717, 1.165) is 4.90 Å². The highest BCUT2D eigenvalue weighted by atomic mass is 35.5. The van der Waals surface area contributed by atoms with E-state index in [1.165, 1.54) is 30.0 Å². The molecule has 124 valence electrons. The molecule has 2 N–H and O–H groups in total. The predicted octanol–water partition coefficient (Wildman–Crippen LogP) is 4.23. The molecule has 0 fully saturated rings. The molecule has 2 aromatic carbocycles. The zero-order valence-corrected chi connectivity index (χ0v) is 14.3. The second kappa shape index (κ2) is 6.83. The Kier molecular flexibility index (Phi) is 4.78. The highest BCUT2D eigenvalue weighted by molar-refractivity contribution is 8.01.